The van der Waals surface area contributed by atoms with Gasteiger partial charge in [0.1, 0.15) is 0 Å². The Hall–Kier alpha value is -1.08. The zero-order valence-electron chi connectivity index (χ0n) is 12.1. The molecule has 0 aliphatic carbocycles. The molecule has 1 unspecified atom stereocenters. The quantitative estimate of drug-likeness (QED) is 0.296. The number of ether oxygens (including phenoxy) is 1. The van der Waals surface area contributed by atoms with Gasteiger partial charge in [-0.25, -0.2) is 17.6 Å². The third-order valence-corrected chi connectivity index (χ3v) is 2.88. The molecule has 7 heteroatoms. The number of benzene rings is 1. The van der Waals surface area contributed by atoms with Crippen molar-refractivity contribution in [2.24, 2.45) is 5.41 Å². The predicted molar refractivity (Wildman–Crippen MR) is 73.4 cm³/mol. The van der Waals surface area contributed by atoms with Crippen LogP contribution in [0.3, 0.4) is 0 Å². The molecule has 0 fully saturated rings. The molecule has 0 saturated heterocycles. The first kappa shape index (κ1) is 18.0. The average molecular weight is 324 g/mol. The summed E-state index contributed by atoms with van der Waals surface area (Å²) in [4.78, 5) is 10.2. The number of thiol groups is 1. The third kappa shape index (κ3) is 4.20. The van der Waals surface area contributed by atoms with Crippen LogP contribution in [0.2, 0.25) is 0 Å². The first-order chi connectivity index (χ1) is 9.37. The molecule has 1 aromatic rings. The van der Waals surface area contributed by atoms with Gasteiger partial charge in [-0.1, -0.05) is 20.8 Å². The van der Waals surface area contributed by atoms with Gasteiger partial charge in [0.2, 0.25) is 5.78 Å². The van der Waals surface area contributed by atoms with E-state index in [2.05, 4.69) is 12.6 Å². The number of hydrogen-bond acceptors (Lipinski definition) is 3. The zero-order valence-corrected chi connectivity index (χ0v) is 13.0. The van der Waals surface area contributed by atoms with E-state index in [9.17, 15) is 22.4 Å². The summed E-state index contributed by atoms with van der Waals surface area (Å²) < 4.78 is 58.7. The molecule has 0 spiro atoms. The molecular weight excluding hydrogens is 308 g/mol. The Labute approximate surface area is 125 Å². The smallest absolute Gasteiger partial charge is 0.210 e. The standard InChI is InChI=1S/C14H16F4O2S/c1-13(2,3)6-20-14(4,21)12(19)9-10(17)7(15)5-8(16)11(9)18/h5,21H,6H2,1-4H3. The molecule has 0 heterocycles. The van der Waals surface area contributed by atoms with Crippen LogP contribution in [-0.2, 0) is 4.74 Å². The minimum atomic E-state index is -1.92. The van der Waals surface area contributed by atoms with E-state index in [0.29, 0.717) is 0 Å². The van der Waals surface area contributed by atoms with Crippen molar-refractivity contribution in [1.29, 1.82) is 0 Å². The summed E-state index contributed by atoms with van der Waals surface area (Å²) in [7, 11) is 0. The second-order valence-electron chi connectivity index (χ2n) is 6.00. The first-order valence-corrected chi connectivity index (χ1v) is 6.55. The van der Waals surface area contributed by atoms with Gasteiger partial charge in [-0.3, -0.25) is 4.79 Å². The number of carbonyl (C=O) groups excluding carboxylic acids is 1. The van der Waals surface area contributed by atoms with Crippen LogP contribution in [0.4, 0.5) is 17.6 Å². The summed E-state index contributed by atoms with van der Waals surface area (Å²) in [5.74, 6) is -8.13. The molecule has 2 nitrogen and oxygen atoms in total. The number of halogens is 4. The largest absolute Gasteiger partial charge is 0.357 e. The minimum Gasteiger partial charge on any atom is -0.357 e. The van der Waals surface area contributed by atoms with Crippen LogP contribution >= 0.6 is 12.6 Å². The van der Waals surface area contributed by atoms with Crippen LogP contribution in [0.15, 0.2) is 6.07 Å². The van der Waals surface area contributed by atoms with Crippen molar-refractivity contribution in [2.45, 2.75) is 32.6 Å². The first-order valence-electron chi connectivity index (χ1n) is 6.11. The van der Waals surface area contributed by atoms with E-state index in [-0.39, 0.29) is 18.1 Å². The SMILES string of the molecule is CC(C)(C)COC(C)(S)C(=O)c1c(F)c(F)cc(F)c1F. The highest BCUT2D eigenvalue weighted by Crippen LogP contribution is 2.29. The lowest BCUT2D eigenvalue weighted by atomic mass is 9.98. The Morgan fingerprint density at radius 3 is 1.90 bits per heavy atom. The second-order valence-corrected chi connectivity index (χ2v) is 6.86. The molecule has 0 amide bonds. The predicted octanol–water partition coefficient (Wildman–Crippen LogP) is 4.13. The summed E-state index contributed by atoms with van der Waals surface area (Å²) in [6, 6.07) is 0.0350. The van der Waals surface area contributed by atoms with Gasteiger partial charge in [-0.05, 0) is 12.3 Å². The van der Waals surface area contributed by atoms with E-state index in [1.165, 1.54) is 0 Å². The van der Waals surface area contributed by atoms with E-state index in [1.54, 1.807) is 0 Å². The molecule has 1 aromatic carbocycles. The Balaban J connectivity index is 3.19. The van der Waals surface area contributed by atoms with Gasteiger partial charge in [0.25, 0.3) is 0 Å². The van der Waals surface area contributed by atoms with Crippen molar-refractivity contribution in [3.63, 3.8) is 0 Å². The fraction of sp³-hybridized carbons (Fsp3) is 0.500. The summed E-state index contributed by atoms with van der Waals surface area (Å²) in [6.07, 6.45) is 0. The van der Waals surface area contributed by atoms with E-state index in [0.717, 1.165) is 6.92 Å². The fourth-order valence-corrected chi connectivity index (χ4v) is 1.60. The van der Waals surface area contributed by atoms with Gasteiger partial charge in [0.15, 0.2) is 28.2 Å². The molecule has 0 radical (unpaired) electrons. The Morgan fingerprint density at radius 1 is 1.10 bits per heavy atom. The number of carbonyl (C=O) groups is 1. The molecule has 0 N–H and O–H groups in total. The highest BCUT2D eigenvalue weighted by Gasteiger charge is 2.37. The summed E-state index contributed by atoms with van der Waals surface area (Å²) in [5.41, 5.74) is -1.67. The number of hydrogen-bond donors (Lipinski definition) is 1. The Morgan fingerprint density at radius 2 is 1.52 bits per heavy atom. The van der Waals surface area contributed by atoms with Gasteiger partial charge >= 0.3 is 0 Å². The molecule has 1 atom stereocenters. The normalized spacial score (nSPS) is 14.9. The molecule has 0 aliphatic heterocycles. The van der Waals surface area contributed by atoms with Crippen molar-refractivity contribution in [3.05, 3.63) is 34.9 Å². The van der Waals surface area contributed by atoms with Crippen LogP contribution in [-0.4, -0.2) is 17.3 Å². The molecule has 21 heavy (non-hydrogen) atoms. The van der Waals surface area contributed by atoms with Crippen LogP contribution in [0.1, 0.15) is 38.1 Å². The molecule has 0 aliphatic rings. The molecule has 0 saturated carbocycles. The van der Waals surface area contributed by atoms with Crippen molar-refractivity contribution in [2.75, 3.05) is 6.61 Å². The molecular formula is C14H16F4O2S. The highest BCUT2D eigenvalue weighted by atomic mass is 32.1. The average Bonchev–Trinajstić information content (AvgIpc) is 2.33. The minimum absolute atomic E-state index is 0.0350. The molecule has 0 aromatic heterocycles. The van der Waals surface area contributed by atoms with Crippen LogP contribution < -0.4 is 0 Å². The monoisotopic (exact) mass is 324 g/mol. The maximum Gasteiger partial charge on any atom is 0.210 e. The summed E-state index contributed by atoms with van der Waals surface area (Å²) in [5, 5.41) is 0. The molecule has 1 rings (SSSR count). The van der Waals surface area contributed by atoms with E-state index in [4.69, 9.17) is 4.74 Å². The fourth-order valence-electron chi connectivity index (χ4n) is 1.43. The van der Waals surface area contributed by atoms with Crippen molar-refractivity contribution in [1.82, 2.24) is 0 Å². The second kappa shape index (κ2) is 5.96. The summed E-state index contributed by atoms with van der Waals surface area (Å²) >= 11 is 3.92. The van der Waals surface area contributed by atoms with E-state index < -0.39 is 39.5 Å². The third-order valence-electron chi connectivity index (χ3n) is 2.55. The zero-order chi connectivity index (χ0) is 16.6. The molecule has 118 valence electrons. The van der Waals surface area contributed by atoms with Gasteiger partial charge in [0.05, 0.1) is 12.2 Å². The van der Waals surface area contributed by atoms with Crippen LogP contribution in [0, 0.1) is 28.7 Å². The van der Waals surface area contributed by atoms with E-state index in [1.807, 2.05) is 20.8 Å². The summed E-state index contributed by atoms with van der Waals surface area (Å²) in [6.45, 7) is 6.64. The topological polar surface area (TPSA) is 26.3 Å². The maximum absolute atomic E-state index is 13.6. The lowest BCUT2D eigenvalue weighted by Crippen LogP contribution is -2.37. The highest BCUT2D eigenvalue weighted by molar-refractivity contribution is 7.82. The van der Waals surface area contributed by atoms with Crippen LogP contribution in [0.25, 0.3) is 0 Å². The van der Waals surface area contributed by atoms with Crippen molar-refractivity contribution in [3.8, 4) is 0 Å². The van der Waals surface area contributed by atoms with E-state index >= 15 is 0 Å². The van der Waals surface area contributed by atoms with Crippen molar-refractivity contribution >= 4 is 18.4 Å². The number of rotatable bonds is 4. The number of ketones is 1. The molecule has 0 bridgehead atoms. The van der Waals surface area contributed by atoms with Crippen LogP contribution in [0.5, 0.6) is 0 Å². The van der Waals surface area contributed by atoms with Gasteiger partial charge < -0.3 is 4.74 Å². The van der Waals surface area contributed by atoms with Gasteiger partial charge in [-0.15, -0.1) is 12.6 Å². The Bertz CT molecular complexity index is 539. The maximum atomic E-state index is 13.6. The number of Topliss-reactive ketones (excluding diaryl/α,β-unsaturated/α-hetero) is 1. The van der Waals surface area contributed by atoms with Gasteiger partial charge in [-0.2, -0.15) is 0 Å². The lowest BCUT2D eigenvalue weighted by Gasteiger charge is -2.28. The van der Waals surface area contributed by atoms with Gasteiger partial charge in [0, 0.05) is 6.07 Å². The van der Waals surface area contributed by atoms with Crippen molar-refractivity contribution < 1.29 is 27.1 Å². The lowest BCUT2D eigenvalue weighted by molar-refractivity contribution is 0.00435. The Kier molecular flexibility index (Phi) is 5.10.